The molecular formula is C12H12BrClN2O. The second-order valence-corrected chi connectivity index (χ2v) is 4.89. The van der Waals surface area contributed by atoms with Crippen LogP contribution in [0.15, 0.2) is 22.8 Å². The lowest BCUT2D eigenvalue weighted by atomic mass is 10.1. The molecule has 1 aromatic heterocycles. The lowest BCUT2D eigenvalue weighted by Gasteiger charge is -2.07. The second kappa shape index (κ2) is 4.70. The number of ether oxygens (including phenoxy) is 1. The Morgan fingerprint density at radius 3 is 2.65 bits per heavy atom. The van der Waals surface area contributed by atoms with E-state index in [1.807, 2.05) is 30.7 Å². The predicted molar refractivity (Wildman–Crippen MR) is 72.6 cm³/mol. The minimum absolute atomic E-state index is 0.663. The molecule has 0 atom stereocenters. The van der Waals surface area contributed by atoms with Gasteiger partial charge in [0.25, 0.3) is 0 Å². The van der Waals surface area contributed by atoms with Crippen LogP contribution in [0.4, 0.5) is 0 Å². The van der Waals surface area contributed by atoms with E-state index in [0.29, 0.717) is 5.02 Å². The van der Waals surface area contributed by atoms with Gasteiger partial charge in [0.1, 0.15) is 21.9 Å². The molecule has 0 fully saturated rings. The average molecular weight is 316 g/mol. The van der Waals surface area contributed by atoms with E-state index in [1.54, 1.807) is 13.2 Å². The van der Waals surface area contributed by atoms with E-state index in [2.05, 4.69) is 20.9 Å². The highest BCUT2D eigenvalue weighted by Crippen LogP contribution is 2.36. The zero-order chi connectivity index (χ0) is 12.6. The Labute approximate surface area is 114 Å². The van der Waals surface area contributed by atoms with Crippen LogP contribution in [0.5, 0.6) is 5.75 Å². The van der Waals surface area contributed by atoms with E-state index >= 15 is 0 Å². The Balaban J connectivity index is 2.67. The fourth-order valence-corrected chi connectivity index (χ4v) is 2.35. The molecule has 1 aromatic carbocycles. The maximum Gasteiger partial charge on any atom is 0.128 e. The molecule has 0 spiro atoms. The summed E-state index contributed by atoms with van der Waals surface area (Å²) in [5.41, 5.74) is 1.72. The molecule has 0 unspecified atom stereocenters. The molecule has 5 heteroatoms. The van der Waals surface area contributed by atoms with E-state index in [0.717, 1.165) is 27.4 Å². The summed E-state index contributed by atoms with van der Waals surface area (Å²) in [4.78, 5) is 4.51. The highest BCUT2D eigenvalue weighted by atomic mass is 79.9. The van der Waals surface area contributed by atoms with Crippen LogP contribution >= 0.6 is 27.5 Å². The standard InChI is InChI=1S/C12H12BrClN2O/c1-7-15-11(12(13)16(7)2)9-6-8(14)4-5-10(9)17-3/h4-6H,1-3H3. The van der Waals surface area contributed by atoms with Crippen LogP contribution in [0.2, 0.25) is 5.02 Å². The Morgan fingerprint density at radius 2 is 2.12 bits per heavy atom. The normalized spacial score (nSPS) is 10.6. The number of rotatable bonds is 2. The van der Waals surface area contributed by atoms with Gasteiger partial charge in [0, 0.05) is 17.6 Å². The Morgan fingerprint density at radius 1 is 1.41 bits per heavy atom. The van der Waals surface area contributed by atoms with Gasteiger partial charge < -0.3 is 9.30 Å². The van der Waals surface area contributed by atoms with Crippen LogP contribution in [-0.2, 0) is 7.05 Å². The molecule has 0 bridgehead atoms. The number of imidazole rings is 1. The molecule has 0 radical (unpaired) electrons. The van der Waals surface area contributed by atoms with Crippen molar-refractivity contribution >= 4 is 27.5 Å². The van der Waals surface area contributed by atoms with Crippen molar-refractivity contribution < 1.29 is 4.74 Å². The van der Waals surface area contributed by atoms with Crippen molar-refractivity contribution in [1.29, 1.82) is 0 Å². The SMILES string of the molecule is COc1ccc(Cl)cc1-c1nc(C)n(C)c1Br. The molecule has 0 amide bonds. The second-order valence-electron chi connectivity index (χ2n) is 3.70. The first-order chi connectivity index (χ1) is 8.04. The summed E-state index contributed by atoms with van der Waals surface area (Å²) >= 11 is 9.54. The number of nitrogens with zero attached hydrogens (tertiary/aromatic N) is 2. The first-order valence-corrected chi connectivity index (χ1v) is 6.24. The van der Waals surface area contributed by atoms with Crippen LogP contribution in [0.25, 0.3) is 11.3 Å². The van der Waals surface area contributed by atoms with E-state index in [1.165, 1.54) is 0 Å². The number of benzene rings is 1. The van der Waals surface area contributed by atoms with E-state index in [9.17, 15) is 0 Å². The van der Waals surface area contributed by atoms with Crippen LogP contribution in [0, 0.1) is 6.92 Å². The average Bonchev–Trinajstić information content (AvgIpc) is 2.57. The summed E-state index contributed by atoms with van der Waals surface area (Å²) in [6.45, 7) is 1.95. The van der Waals surface area contributed by atoms with Gasteiger partial charge in [-0.05, 0) is 41.1 Å². The van der Waals surface area contributed by atoms with Crippen LogP contribution in [0.1, 0.15) is 5.82 Å². The van der Waals surface area contributed by atoms with Gasteiger partial charge in [-0.2, -0.15) is 0 Å². The molecule has 0 aliphatic rings. The van der Waals surface area contributed by atoms with Gasteiger partial charge >= 0.3 is 0 Å². The number of halogens is 2. The zero-order valence-corrected chi connectivity index (χ0v) is 12.1. The molecule has 17 heavy (non-hydrogen) atoms. The van der Waals surface area contributed by atoms with Crippen LogP contribution in [0.3, 0.4) is 0 Å². The van der Waals surface area contributed by atoms with Crippen LogP contribution in [-0.4, -0.2) is 16.7 Å². The topological polar surface area (TPSA) is 27.1 Å². The molecule has 0 aliphatic carbocycles. The van der Waals surface area contributed by atoms with Crippen molar-refractivity contribution in [2.75, 3.05) is 7.11 Å². The molecule has 2 aromatic rings. The molecule has 0 N–H and O–H groups in total. The first-order valence-electron chi connectivity index (χ1n) is 5.07. The summed E-state index contributed by atoms with van der Waals surface area (Å²) in [5, 5.41) is 0.663. The summed E-state index contributed by atoms with van der Waals surface area (Å²) in [5.74, 6) is 1.68. The van der Waals surface area contributed by atoms with Gasteiger partial charge in [-0.25, -0.2) is 4.98 Å². The third-order valence-electron chi connectivity index (χ3n) is 2.67. The van der Waals surface area contributed by atoms with Crippen molar-refractivity contribution in [2.45, 2.75) is 6.92 Å². The molecule has 0 saturated carbocycles. The van der Waals surface area contributed by atoms with Crippen molar-refractivity contribution in [1.82, 2.24) is 9.55 Å². The molecule has 0 aliphatic heterocycles. The van der Waals surface area contributed by atoms with Gasteiger partial charge in [-0.3, -0.25) is 0 Å². The maximum absolute atomic E-state index is 6.02. The Bertz CT molecular complexity index is 566. The largest absolute Gasteiger partial charge is 0.496 e. The zero-order valence-electron chi connectivity index (χ0n) is 9.79. The van der Waals surface area contributed by atoms with E-state index in [4.69, 9.17) is 16.3 Å². The lowest BCUT2D eigenvalue weighted by Crippen LogP contribution is -1.90. The number of aryl methyl sites for hydroxylation is 1. The van der Waals surface area contributed by atoms with Gasteiger partial charge in [-0.1, -0.05) is 11.6 Å². The highest BCUT2D eigenvalue weighted by molar-refractivity contribution is 9.10. The van der Waals surface area contributed by atoms with Crippen molar-refractivity contribution in [3.63, 3.8) is 0 Å². The van der Waals surface area contributed by atoms with Gasteiger partial charge in [0.05, 0.1) is 7.11 Å². The fraction of sp³-hybridized carbons (Fsp3) is 0.250. The molecule has 1 heterocycles. The quantitative estimate of drug-likeness (QED) is 0.842. The Kier molecular flexibility index (Phi) is 3.45. The minimum atomic E-state index is 0.663. The van der Waals surface area contributed by atoms with Gasteiger partial charge in [0.15, 0.2) is 0 Å². The molecular weight excluding hydrogens is 304 g/mol. The first kappa shape index (κ1) is 12.5. The van der Waals surface area contributed by atoms with Crippen molar-refractivity contribution in [2.24, 2.45) is 7.05 Å². The lowest BCUT2D eigenvalue weighted by molar-refractivity contribution is 0.416. The fourth-order valence-electron chi connectivity index (χ4n) is 1.62. The van der Waals surface area contributed by atoms with Crippen LogP contribution < -0.4 is 4.74 Å². The van der Waals surface area contributed by atoms with Crippen molar-refractivity contribution in [3.8, 4) is 17.0 Å². The van der Waals surface area contributed by atoms with Crippen molar-refractivity contribution in [3.05, 3.63) is 33.6 Å². The van der Waals surface area contributed by atoms with E-state index < -0.39 is 0 Å². The minimum Gasteiger partial charge on any atom is -0.496 e. The van der Waals surface area contributed by atoms with E-state index in [-0.39, 0.29) is 0 Å². The highest BCUT2D eigenvalue weighted by Gasteiger charge is 2.16. The number of hydrogen-bond acceptors (Lipinski definition) is 2. The summed E-state index contributed by atoms with van der Waals surface area (Å²) in [7, 11) is 3.59. The molecule has 3 nitrogen and oxygen atoms in total. The molecule has 90 valence electrons. The van der Waals surface area contributed by atoms with Gasteiger partial charge in [-0.15, -0.1) is 0 Å². The number of hydrogen-bond donors (Lipinski definition) is 0. The third kappa shape index (κ3) is 2.19. The monoisotopic (exact) mass is 314 g/mol. The summed E-state index contributed by atoms with van der Waals surface area (Å²) in [6, 6.07) is 5.49. The molecule has 2 rings (SSSR count). The maximum atomic E-state index is 6.02. The Hall–Kier alpha value is -1.00. The summed E-state index contributed by atoms with van der Waals surface area (Å²) in [6.07, 6.45) is 0. The number of aromatic nitrogens is 2. The van der Waals surface area contributed by atoms with Gasteiger partial charge in [0.2, 0.25) is 0 Å². The smallest absolute Gasteiger partial charge is 0.128 e. The number of methoxy groups -OCH3 is 1. The molecule has 0 saturated heterocycles. The predicted octanol–water partition coefficient (Wildman–Crippen LogP) is 3.82. The third-order valence-corrected chi connectivity index (χ3v) is 3.81. The summed E-state index contributed by atoms with van der Waals surface area (Å²) < 4.78 is 8.21.